The predicted molar refractivity (Wildman–Crippen MR) is 146 cm³/mol. The molecular weight excluding hydrogens is 442 g/mol. The summed E-state index contributed by atoms with van der Waals surface area (Å²) in [7, 11) is 0. The SMILES string of the molecule is c1cnc(-n2c3cccc4c3c3c5c(cccc5c5oc6ccccc6c5c32)-c2ccccc2-4)nc1. The Kier molecular flexibility index (Phi) is 3.25. The van der Waals surface area contributed by atoms with Gasteiger partial charge in [0, 0.05) is 39.3 Å². The van der Waals surface area contributed by atoms with Crippen LogP contribution in [0, 0.1) is 0 Å². The number of para-hydroxylation sites is 1. The van der Waals surface area contributed by atoms with E-state index in [1.807, 2.05) is 24.5 Å². The molecule has 9 rings (SSSR count). The molecule has 0 N–H and O–H groups in total. The van der Waals surface area contributed by atoms with Crippen LogP contribution in [0.1, 0.15) is 0 Å². The molecule has 4 nitrogen and oxygen atoms in total. The highest BCUT2D eigenvalue weighted by atomic mass is 16.3. The summed E-state index contributed by atoms with van der Waals surface area (Å²) in [6.07, 6.45) is 3.62. The molecule has 8 aromatic rings. The van der Waals surface area contributed by atoms with Crippen LogP contribution in [0.4, 0.5) is 0 Å². The summed E-state index contributed by atoms with van der Waals surface area (Å²) in [4.78, 5) is 9.42. The average molecular weight is 460 g/mol. The second kappa shape index (κ2) is 6.37. The molecule has 36 heavy (non-hydrogen) atoms. The molecule has 0 unspecified atom stereocenters. The van der Waals surface area contributed by atoms with Crippen LogP contribution in [-0.4, -0.2) is 14.5 Å². The fraction of sp³-hybridized carbons (Fsp3) is 0. The average Bonchev–Trinajstić information content (AvgIpc) is 3.46. The van der Waals surface area contributed by atoms with Crippen molar-refractivity contribution in [3.63, 3.8) is 0 Å². The number of hydrogen-bond donors (Lipinski definition) is 0. The Morgan fingerprint density at radius 3 is 2.03 bits per heavy atom. The Morgan fingerprint density at radius 2 is 1.19 bits per heavy atom. The van der Waals surface area contributed by atoms with Crippen molar-refractivity contribution in [3.05, 3.63) is 103 Å². The summed E-state index contributed by atoms with van der Waals surface area (Å²) in [6, 6.07) is 32.1. The molecule has 4 heteroatoms. The molecule has 0 bridgehead atoms. The van der Waals surface area contributed by atoms with Gasteiger partial charge in [-0.3, -0.25) is 4.57 Å². The smallest absolute Gasteiger partial charge is 0.234 e. The molecule has 0 atom stereocenters. The minimum absolute atomic E-state index is 0.659. The van der Waals surface area contributed by atoms with Gasteiger partial charge in [0.15, 0.2) is 0 Å². The van der Waals surface area contributed by atoms with Crippen LogP contribution < -0.4 is 0 Å². The topological polar surface area (TPSA) is 43.9 Å². The van der Waals surface area contributed by atoms with Crippen molar-refractivity contribution in [3.8, 4) is 28.2 Å². The van der Waals surface area contributed by atoms with Crippen LogP contribution in [-0.2, 0) is 0 Å². The van der Waals surface area contributed by atoms with Crippen molar-refractivity contribution < 1.29 is 4.42 Å². The van der Waals surface area contributed by atoms with Gasteiger partial charge in [-0.25, -0.2) is 9.97 Å². The minimum atomic E-state index is 0.659. The maximum Gasteiger partial charge on any atom is 0.234 e. The van der Waals surface area contributed by atoms with E-state index in [2.05, 4.69) is 83.4 Å². The molecular formula is C32H17N3O. The number of nitrogens with zero attached hydrogens (tertiary/aromatic N) is 3. The van der Waals surface area contributed by atoms with E-state index in [0.29, 0.717) is 5.95 Å². The third-order valence-corrected chi connectivity index (χ3v) is 7.64. The second-order valence-corrected chi connectivity index (χ2v) is 9.38. The van der Waals surface area contributed by atoms with E-state index in [1.54, 1.807) is 0 Å². The van der Waals surface area contributed by atoms with Gasteiger partial charge in [-0.15, -0.1) is 0 Å². The van der Waals surface area contributed by atoms with E-state index in [9.17, 15) is 0 Å². The normalized spacial score (nSPS) is 12.4. The van der Waals surface area contributed by atoms with Gasteiger partial charge in [0.1, 0.15) is 11.2 Å². The lowest BCUT2D eigenvalue weighted by atomic mass is 9.93. The second-order valence-electron chi connectivity index (χ2n) is 9.38. The van der Waals surface area contributed by atoms with Crippen LogP contribution in [0.15, 0.2) is 108 Å². The lowest BCUT2D eigenvalue weighted by Gasteiger charge is -2.13. The molecule has 1 aliphatic rings. The van der Waals surface area contributed by atoms with Crippen LogP contribution >= 0.6 is 0 Å². The number of aromatic nitrogens is 3. The van der Waals surface area contributed by atoms with E-state index in [0.717, 1.165) is 38.4 Å². The monoisotopic (exact) mass is 459 g/mol. The maximum absolute atomic E-state index is 6.61. The van der Waals surface area contributed by atoms with Gasteiger partial charge in [0.05, 0.1) is 16.4 Å². The minimum Gasteiger partial charge on any atom is -0.455 e. The molecule has 3 aromatic heterocycles. The van der Waals surface area contributed by atoms with Gasteiger partial charge < -0.3 is 4.42 Å². The summed E-state index contributed by atoms with van der Waals surface area (Å²) in [5, 5.41) is 7.01. The zero-order valence-electron chi connectivity index (χ0n) is 19.1. The summed E-state index contributed by atoms with van der Waals surface area (Å²) in [5.41, 5.74) is 8.91. The first-order chi connectivity index (χ1) is 17.9. The molecule has 5 aromatic carbocycles. The number of rotatable bonds is 1. The van der Waals surface area contributed by atoms with Crippen molar-refractivity contribution in [2.45, 2.75) is 0 Å². The standard InChI is InChI=1S/C32H17N3O/c1-2-9-19-18(8-1)20-11-5-13-23-26(20)29-27-21(19)12-6-14-24(27)35(32-33-16-7-17-34-32)30(29)28-22-10-3-4-15-25(22)36-31(23)28/h1-17H. The molecule has 0 amide bonds. The van der Waals surface area contributed by atoms with Crippen molar-refractivity contribution in [2.75, 3.05) is 0 Å². The molecule has 0 radical (unpaired) electrons. The number of furan rings is 1. The molecule has 0 saturated heterocycles. The van der Waals surface area contributed by atoms with Gasteiger partial charge >= 0.3 is 0 Å². The van der Waals surface area contributed by atoms with Crippen LogP contribution in [0.3, 0.4) is 0 Å². The molecule has 1 aliphatic carbocycles. The molecule has 3 heterocycles. The van der Waals surface area contributed by atoms with Gasteiger partial charge in [-0.1, -0.05) is 72.8 Å². The molecule has 0 fully saturated rings. The van der Waals surface area contributed by atoms with Gasteiger partial charge in [0.25, 0.3) is 0 Å². The first-order valence-electron chi connectivity index (χ1n) is 12.1. The molecule has 0 saturated carbocycles. The maximum atomic E-state index is 6.61. The van der Waals surface area contributed by atoms with Gasteiger partial charge in [-0.05, 0) is 40.5 Å². The fourth-order valence-corrected chi connectivity index (χ4v) is 6.32. The van der Waals surface area contributed by atoms with Crippen molar-refractivity contribution in [1.82, 2.24) is 14.5 Å². The van der Waals surface area contributed by atoms with Gasteiger partial charge in [-0.2, -0.15) is 0 Å². The highest BCUT2D eigenvalue weighted by Crippen LogP contribution is 2.53. The quantitative estimate of drug-likeness (QED) is 0.248. The van der Waals surface area contributed by atoms with Crippen LogP contribution in [0.2, 0.25) is 0 Å². The number of benzene rings is 5. The van der Waals surface area contributed by atoms with Crippen molar-refractivity contribution >= 4 is 54.5 Å². The zero-order chi connectivity index (χ0) is 23.4. The van der Waals surface area contributed by atoms with E-state index in [-0.39, 0.29) is 0 Å². The van der Waals surface area contributed by atoms with Gasteiger partial charge in [0.2, 0.25) is 5.95 Å². The zero-order valence-corrected chi connectivity index (χ0v) is 19.1. The summed E-state index contributed by atoms with van der Waals surface area (Å²) < 4.78 is 8.84. The summed E-state index contributed by atoms with van der Waals surface area (Å²) >= 11 is 0. The Bertz CT molecular complexity index is 2200. The summed E-state index contributed by atoms with van der Waals surface area (Å²) in [6.45, 7) is 0. The van der Waals surface area contributed by atoms with Crippen LogP contribution in [0.25, 0.3) is 82.7 Å². The number of hydrogen-bond acceptors (Lipinski definition) is 3. The largest absolute Gasteiger partial charge is 0.455 e. The fourth-order valence-electron chi connectivity index (χ4n) is 6.32. The van der Waals surface area contributed by atoms with E-state index >= 15 is 0 Å². The van der Waals surface area contributed by atoms with E-state index in [4.69, 9.17) is 14.4 Å². The third kappa shape index (κ3) is 2.07. The van der Waals surface area contributed by atoms with Crippen molar-refractivity contribution in [2.24, 2.45) is 0 Å². The Balaban J connectivity index is 1.72. The summed E-state index contributed by atoms with van der Waals surface area (Å²) in [5.74, 6) is 0.659. The Morgan fingerprint density at radius 1 is 0.528 bits per heavy atom. The first kappa shape index (κ1) is 18.4. The lowest BCUT2D eigenvalue weighted by Crippen LogP contribution is -2.00. The Hall–Kier alpha value is -4.96. The predicted octanol–water partition coefficient (Wildman–Crippen LogP) is 8.27. The molecule has 166 valence electrons. The highest BCUT2D eigenvalue weighted by Gasteiger charge is 2.29. The van der Waals surface area contributed by atoms with E-state index < -0.39 is 0 Å². The highest BCUT2D eigenvalue weighted by molar-refractivity contribution is 6.39. The number of fused-ring (bicyclic) bond motifs is 8. The molecule has 0 aliphatic heterocycles. The molecule has 0 spiro atoms. The first-order valence-corrected chi connectivity index (χ1v) is 12.1. The third-order valence-electron chi connectivity index (χ3n) is 7.64. The lowest BCUT2D eigenvalue weighted by molar-refractivity contribution is 0.673. The Labute approximate surface area is 205 Å². The van der Waals surface area contributed by atoms with Crippen LogP contribution in [0.5, 0.6) is 0 Å². The van der Waals surface area contributed by atoms with Crippen molar-refractivity contribution in [1.29, 1.82) is 0 Å². The van der Waals surface area contributed by atoms with E-state index in [1.165, 1.54) is 38.4 Å².